The average molecular weight is 310 g/mol. The van der Waals surface area contributed by atoms with Crippen molar-refractivity contribution in [1.29, 1.82) is 0 Å². The highest BCUT2D eigenvalue weighted by molar-refractivity contribution is 6.11. The lowest BCUT2D eigenvalue weighted by atomic mass is 9.90. The van der Waals surface area contributed by atoms with E-state index in [-0.39, 0.29) is 23.6 Å². The second kappa shape index (κ2) is 4.86. The van der Waals surface area contributed by atoms with Gasteiger partial charge in [-0.05, 0) is 18.6 Å². The van der Waals surface area contributed by atoms with Crippen LogP contribution < -0.4 is 0 Å². The topological polar surface area (TPSA) is 57.7 Å². The van der Waals surface area contributed by atoms with Gasteiger partial charge in [0.15, 0.2) is 5.78 Å². The van der Waals surface area contributed by atoms with Crippen LogP contribution in [-0.4, -0.2) is 46.5 Å². The van der Waals surface area contributed by atoms with E-state index in [2.05, 4.69) is 6.07 Å². The van der Waals surface area contributed by atoms with Gasteiger partial charge in [0.2, 0.25) is 11.8 Å². The highest BCUT2D eigenvalue weighted by Crippen LogP contribution is 2.45. The molecule has 5 heteroatoms. The van der Waals surface area contributed by atoms with E-state index in [0.29, 0.717) is 6.54 Å². The molecule has 23 heavy (non-hydrogen) atoms. The maximum Gasteiger partial charge on any atom is 0.234 e. The van der Waals surface area contributed by atoms with Crippen LogP contribution in [0.25, 0.3) is 0 Å². The molecule has 0 unspecified atom stereocenters. The molecule has 0 spiro atoms. The van der Waals surface area contributed by atoms with Gasteiger partial charge in [-0.15, -0.1) is 0 Å². The van der Waals surface area contributed by atoms with Gasteiger partial charge in [0.1, 0.15) is 0 Å². The minimum absolute atomic E-state index is 0.0714. The molecule has 0 aromatic heterocycles. The Labute approximate surface area is 134 Å². The standard InChI is InChI=1S/C18H18N2O3/c1-10-4-3-5-11(8-10)9-20-12-6-7-13(21)16(20)15-14(12)17(22)19(2)18(15)23/h3-8,12,14-16H,9H2,1-2H3/t12-,14-,15-,16+/m0/s1. The molecular formula is C18H18N2O3. The third-order valence-electron chi connectivity index (χ3n) is 5.26. The third-order valence-corrected chi connectivity index (χ3v) is 5.26. The minimum atomic E-state index is -0.537. The zero-order valence-electron chi connectivity index (χ0n) is 13.1. The highest BCUT2D eigenvalue weighted by Gasteiger charge is 2.63. The first-order valence-electron chi connectivity index (χ1n) is 7.84. The molecule has 118 valence electrons. The van der Waals surface area contributed by atoms with Gasteiger partial charge in [0, 0.05) is 19.6 Å². The Hall–Kier alpha value is -2.27. The molecule has 2 amide bonds. The summed E-state index contributed by atoms with van der Waals surface area (Å²) < 4.78 is 0. The smallest absolute Gasteiger partial charge is 0.234 e. The molecule has 2 fully saturated rings. The Morgan fingerprint density at radius 2 is 1.83 bits per heavy atom. The SMILES string of the molecule is Cc1cccc(CN2[C@@H]3C(=O)C=C[C@H]2[C@@H]2C(=O)N(C)C(=O)[C@@H]23)c1. The summed E-state index contributed by atoms with van der Waals surface area (Å²) in [5.74, 6) is -1.42. The summed E-state index contributed by atoms with van der Waals surface area (Å²) in [4.78, 5) is 40.5. The van der Waals surface area contributed by atoms with E-state index in [1.54, 1.807) is 12.2 Å². The number of carbonyl (C=O) groups excluding carboxylic acids is 3. The summed E-state index contributed by atoms with van der Waals surface area (Å²) in [6, 6.07) is 7.41. The lowest BCUT2D eigenvalue weighted by molar-refractivity contribution is -0.141. The summed E-state index contributed by atoms with van der Waals surface area (Å²) in [6.07, 6.45) is 3.34. The van der Waals surface area contributed by atoms with Crippen LogP contribution >= 0.6 is 0 Å². The lowest BCUT2D eigenvalue weighted by Crippen LogP contribution is -2.48. The van der Waals surface area contributed by atoms with Crippen molar-refractivity contribution in [3.63, 3.8) is 0 Å². The Bertz CT molecular complexity index is 754. The number of fused-ring (bicyclic) bond motifs is 5. The Balaban J connectivity index is 1.72. The molecule has 1 aromatic rings. The normalized spacial score (nSPS) is 32.8. The van der Waals surface area contributed by atoms with Gasteiger partial charge in [0.25, 0.3) is 0 Å². The first kappa shape index (κ1) is 14.3. The van der Waals surface area contributed by atoms with Crippen LogP contribution in [0.4, 0.5) is 0 Å². The van der Waals surface area contributed by atoms with Gasteiger partial charge in [-0.2, -0.15) is 0 Å². The van der Waals surface area contributed by atoms with Crippen LogP contribution in [0.1, 0.15) is 11.1 Å². The molecule has 1 aromatic carbocycles. The van der Waals surface area contributed by atoms with Gasteiger partial charge in [0.05, 0.1) is 17.9 Å². The molecule has 0 saturated carbocycles. The molecule has 4 atom stereocenters. The van der Waals surface area contributed by atoms with Gasteiger partial charge < -0.3 is 0 Å². The number of carbonyl (C=O) groups is 3. The fourth-order valence-electron chi connectivity index (χ4n) is 4.24. The molecule has 5 nitrogen and oxygen atoms in total. The first-order chi connectivity index (χ1) is 11.0. The van der Waals surface area contributed by atoms with Gasteiger partial charge in [-0.3, -0.25) is 24.2 Å². The number of aryl methyl sites for hydroxylation is 1. The monoisotopic (exact) mass is 310 g/mol. The highest BCUT2D eigenvalue weighted by atomic mass is 16.2. The molecule has 0 radical (unpaired) electrons. The Morgan fingerprint density at radius 1 is 1.09 bits per heavy atom. The fraction of sp³-hybridized carbons (Fsp3) is 0.389. The van der Waals surface area contributed by atoms with Crippen molar-refractivity contribution >= 4 is 17.6 Å². The number of nitrogens with zero attached hydrogens (tertiary/aromatic N) is 2. The summed E-state index contributed by atoms with van der Waals surface area (Å²) in [6.45, 7) is 2.60. The fourth-order valence-corrected chi connectivity index (χ4v) is 4.24. The Morgan fingerprint density at radius 3 is 2.57 bits per heavy atom. The molecule has 2 saturated heterocycles. The summed E-state index contributed by atoms with van der Waals surface area (Å²) in [5, 5.41) is 0. The maximum atomic E-state index is 12.4. The second-order valence-corrected chi connectivity index (χ2v) is 6.65. The van der Waals surface area contributed by atoms with Gasteiger partial charge >= 0.3 is 0 Å². The van der Waals surface area contributed by atoms with E-state index in [4.69, 9.17) is 0 Å². The zero-order valence-corrected chi connectivity index (χ0v) is 13.1. The maximum absolute atomic E-state index is 12.4. The van der Waals surface area contributed by atoms with Crippen molar-refractivity contribution in [3.05, 3.63) is 47.5 Å². The molecule has 3 heterocycles. The number of imide groups is 1. The van der Waals surface area contributed by atoms with E-state index in [1.807, 2.05) is 30.0 Å². The number of benzene rings is 1. The van der Waals surface area contributed by atoms with Gasteiger partial charge in [-0.1, -0.05) is 35.9 Å². The number of rotatable bonds is 2. The van der Waals surface area contributed by atoms with Crippen molar-refractivity contribution in [2.24, 2.45) is 11.8 Å². The van der Waals surface area contributed by atoms with Crippen molar-refractivity contribution in [1.82, 2.24) is 9.80 Å². The van der Waals surface area contributed by atoms with Crippen LogP contribution in [0.5, 0.6) is 0 Å². The second-order valence-electron chi connectivity index (χ2n) is 6.65. The van der Waals surface area contributed by atoms with Crippen LogP contribution in [0, 0.1) is 18.8 Å². The predicted molar refractivity (Wildman–Crippen MR) is 83.2 cm³/mol. The van der Waals surface area contributed by atoms with Gasteiger partial charge in [-0.25, -0.2) is 0 Å². The third kappa shape index (κ3) is 1.93. The minimum Gasteiger partial charge on any atom is -0.293 e. The van der Waals surface area contributed by atoms with Crippen molar-refractivity contribution in [2.45, 2.75) is 25.6 Å². The summed E-state index contributed by atoms with van der Waals surface area (Å²) >= 11 is 0. The van der Waals surface area contributed by atoms with E-state index in [9.17, 15) is 14.4 Å². The van der Waals surface area contributed by atoms with Crippen molar-refractivity contribution in [2.75, 3.05) is 7.05 Å². The number of ketones is 1. The van der Waals surface area contributed by atoms with Crippen LogP contribution in [0.2, 0.25) is 0 Å². The average Bonchev–Trinajstić information content (AvgIpc) is 2.87. The number of amides is 2. The molecule has 0 N–H and O–H groups in total. The molecular weight excluding hydrogens is 292 g/mol. The first-order valence-corrected chi connectivity index (χ1v) is 7.84. The Kier molecular flexibility index (Phi) is 3.03. The molecule has 4 rings (SSSR count). The quantitative estimate of drug-likeness (QED) is 0.762. The van der Waals surface area contributed by atoms with Crippen LogP contribution in [-0.2, 0) is 20.9 Å². The van der Waals surface area contributed by atoms with Crippen molar-refractivity contribution in [3.8, 4) is 0 Å². The lowest BCUT2D eigenvalue weighted by Gasteiger charge is -2.33. The van der Waals surface area contributed by atoms with E-state index in [1.165, 1.54) is 11.9 Å². The van der Waals surface area contributed by atoms with E-state index < -0.39 is 17.9 Å². The van der Waals surface area contributed by atoms with E-state index in [0.717, 1.165) is 11.1 Å². The number of likely N-dealkylation sites (tertiary alicyclic amines) is 1. The molecule has 2 bridgehead atoms. The molecule has 3 aliphatic heterocycles. The molecule has 0 aliphatic carbocycles. The number of hydrogen-bond acceptors (Lipinski definition) is 4. The van der Waals surface area contributed by atoms with Crippen LogP contribution in [0.3, 0.4) is 0 Å². The summed E-state index contributed by atoms with van der Waals surface area (Å²) in [5.41, 5.74) is 2.25. The van der Waals surface area contributed by atoms with Crippen LogP contribution in [0.15, 0.2) is 36.4 Å². The largest absolute Gasteiger partial charge is 0.293 e. The zero-order chi connectivity index (χ0) is 16.3. The van der Waals surface area contributed by atoms with E-state index >= 15 is 0 Å². The molecule has 3 aliphatic rings. The number of hydrogen-bond donors (Lipinski definition) is 0. The van der Waals surface area contributed by atoms with Crippen molar-refractivity contribution < 1.29 is 14.4 Å². The predicted octanol–water partition coefficient (Wildman–Crippen LogP) is 0.918. The summed E-state index contributed by atoms with van der Waals surface area (Å²) in [7, 11) is 1.51.